The molecule has 0 aliphatic rings. The van der Waals surface area contributed by atoms with Gasteiger partial charge in [-0.2, -0.15) is 0 Å². The van der Waals surface area contributed by atoms with Gasteiger partial charge >= 0.3 is 0 Å². The Morgan fingerprint density at radius 3 is 2.20 bits per heavy atom. The largest absolute Gasteiger partial charge is 0.240 e. The van der Waals surface area contributed by atoms with Crippen LogP contribution in [0.15, 0.2) is 12.1 Å². The Hall–Kier alpha value is -0.890. The summed E-state index contributed by atoms with van der Waals surface area (Å²) in [4.78, 5) is 4.76. The third kappa shape index (κ3) is 1.78. The number of aromatic nitrogens is 1. The van der Waals surface area contributed by atoms with Gasteiger partial charge in [0.05, 0.1) is 15.2 Å². The van der Waals surface area contributed by atoms with Gasteiger partial charge in [0.15, 0.2) is 0 Å². The van der Waals surface area contributed by atoms with Crippen LogP contribution >= 0.6 is 11.3 Å². The highest BCUT2D eigenvalue weighted by Crippen LogP contribution is 2.34. The maximum atomic E-state index is 4.76. The number of aryl methyl sites for hydroxylation is 2. The molecule has 1 heterocycles. The van der Waals surface area contributed by atoms with Crippen LogP contribution in [-0.4, -0.2) is 4.98 Å². The van der Waals surface area contributed by atoms with Crippen LogP contribution in [0.25, 0.3) is 10.2 Å². The van der Waals surface area contributed by atoms with E-state index < -0.39 is 0 Å². The molecular formula is C13H17NS. The highest BCUT2D eigenvalue weighted by Gasteiger charge is 2.19. The predicted octanol–water partition coefficient (Wildman–Crippen LogP) is 4.21. The second kappa shape index (κ2) is 3.31. The first-order chi connectivity index (χ1) is 6.89. The van der Waals surface area contributed by atoms with Gasteiger partial charge < -0.3 is 0 Å². The molecule has 0 aliphatic carbocycles. The van der Waals surface area contributed by atoms with Crippen molar-refractivity contribution in [3.63, 3.8) is 0 Å². The Bertz CT molecular complexity index is 464. The van der Waals surface area contributed by atoms with Gasteiger partial charge in [0.2, 0.25) is 0 Å². The molecule has 2 rings (SSSR count). The molecule has 0 aliphatic heterocycles. The molecule has 15 heavy (non-hydrogen) atoms. The third-order valence-corrected chi connectivity index (χ3v) is 4.20. The van der Waals surface area contributed by atoms with Crippen molar-refractivity contribution in [3.05, 3.63) is 28.3 Å². The van der Waals surface area contributed by atoms with Gasteiger partial charge in [0.1, 0.15) is 0 Å². The molecule has 0 saturated heterocycles. The third-order valence-electron chi connectivity index (χ3n) is 2.58. The molecule has 0 atom stereocenters. The molecule has 0 saturated carbocycles. The number of hydrogen-bond donors (Lipinski definition) is 0. The first-order valence-electron chi connectivity index (χ1n) is 5.27. The summed E-state index contributed by atoms with van der Waals surface area (Å²) in [5.74, 6) is 0. The first kappa shape index (κ1) is 10.6. The zero-order valence-electron chi connectivity index (χ0n) is 10.0. The second-order valence-electron chi connectivity index (χ2n) is 5.15. The number of hydrogen-bond acceptors (Lipinski definition) is 2. The second-order valence-corrected chi connectivity index (χ2v) is 6.15. The summed E-state index contributed by atoms with van der Waals surface area (Å²) in [7, 11) is 0. The maximum Gasteiger partial charge on any atom is 0.0992 e. The number of rotatable bonds is 0. The number of thiazole rings is 1. The van der Waals surface area contributed by atoms with E-state index in [1.165, 1.54) is 26.4 Å². The molecule has 1 aromatic heterocycles. The van der Waals surface area contributed by atoms with E-state index in [-0.39, 0.29) is 5.41 Å². The molecule has 2 aromatic rings. The zero-order chi connectivity index (χ0) is 11.2. The molecule has 2 heteroatoms. The van der Waals surface area contributed by atoms with Crippen LogP contribution < -0.4 is 0 Å². The van der Waals surface area contributed by atoms with Gasteiger partial charge in [-0.25, -0.2) is 4.98 Å². The zero-order valence-corrected chi connectivity index (χ0v) is 10.8. The average Bonchev–Trinajstić information content (AvgIpc) is 2.56. The van der Waals surface area contributed by atoms with Crippen molar-refractivity contribution in [1.29, 1.82) is 0 Å². The Morgan fingerprint density at radius 2 is 1.67 bits per heavy atom. The lowest BCUT2D eigenvalue weighted by Gasteiger charge is -2.13. The molecular weight excluding hydrogens is 202 g/mol. The van der Waals surface area contributed by atoms with Crippen molar-refractivity contribution < 1.29 is 0 Å². The van der Waals surface area contributed by atoms with Crippen molar-refractivity contribution in [1.82, 2.24) is 4.98 Å². The van der Waals surface area contributed by atoms with E-state index in [2.05, 4.69) is 46.8 Å². The minimum atomic E-state index is 0.155. The molecule has 0 spiro atoms. The molecule has 1 aromatic carbocycles. The molecule has 80 valence electrons. The quantitative estimate of drug-likeness (QED) is 0.646. The van der Waals surface area contributed by atoms with E-state index in [0.717, 1.165) is 0 Å². The van der Waals surface area contributed by atoms with Gasteiger partial charge in [-0.1, -0.05) is 32.9 Å². The van der Waals surface area contributed by atoms with Crippen LogP contribution in [0.3, 0.4) is 0 Å². The summed E-state index contributed by atoms with van der Waals surface area (Å²) in [6.07, 6.45) is 0. The summed E-state index contributed by atoms with van der Waals surface area (Å²) < 4.78 is 1.35. The van der Waals surface area contributed by atoms with Crippen molar-refractivity contribution in [2.45, 2.75) is 40.0 Å². The number of fused-ring (bicyclic) bond motifs is 1. The van der Waals surface area contributed by atoms with Crippen molar-refractivity contribution in [2.75, 3.05) is 0 Å². The van der Waals surface area contributed by atoms with Crippen molar-refractivity contribution >= 4 is 21.6 Å². The Labute approximate surface area is 95.2 Å². The average molecular weight is 219 g/mol. The Kier molecular flexibility index (Phi) is 2.34. The Balaban J connectivity index is 2.76. The van der Waals surface area contributed by atoms with Gasteiger partial charge in [-0.3, -0.25) is 0 Å². The normalized spacial score (nSPS) is 12.3. The van der Waals surface area contributed by atoms with Crippen molar-refractivity contribution in [3.8, 4) is 0 Å². The van der Waals surface area contributed by atoms with Crippen LogP contribution in [0.5, 0.6) is 0 Å². The number of nitrogens with zero attached hydrogens (tertiary/aromatic N) is 1. The van der Waals surface area contributed by atoms with E-state index >= 15 is 0 Å². The van der Waals surface area contributed by atoms with E-state index in [1.807, 2.05) is 11.3 Å². The molecule has 0 amide bonds. The van der Waals surface area contributed by atoms with Gasteiger partial charge in [0.25, 0.3) is 0 Å². The minimum absolute atomic E-state index is 0.155. The Morgan fingerprint density at radius 1 is 1.07 bits per heavy atom. The van der Waals surface area contributed by atoms with Crippen LogP contribution in [-0.2, 0) is 5.41 Å². The monoisotopic (exact) mass is 219 g/mol. The lowest BCUT2D eigenvalue weighted by molar-refractivity contribution is 0.587. The van der Waals surface area contributed by atoms with E-state index in [9.17, 15) is 0 Å². The summed E-state index contributed by atoms with van der Waals surface area (Å²) in [5.41, 5.74) is 3.96. The highest BCUT2D eigenvalue weighted by atomic mass is 32.1. The van der Waals surface area contributed by atoms with Crippen LogP contribution in [0, 0.1) is 13.8 Å². The van der Waals surface area contributed by atoms with Crippen molar-refractivity contribution in [2.24, 2.45) is 0 Å². The van der Waals surface area contributed by atoms with E-state index in [0.29, 0.717) is 0 Å². The SMILES string of the molecule is Cc1ccc(C)c2sc(C(C)(C)C)nc12. The van der Waals surface area contributed by atoms with E-state index in [4.69, 9.17) is 4.98 Å². The minimum Gasteiger partial charge on any atom is -0.240 e. The molecule has 0 fully saturated rings. The van der Waals surface area contributed by atoms with Gasteiger partial charge in [0, 0.05) is 5.41 Å². The summed E-state index contributed by atoms with van der Waals surface area (Å²) in [5, 5.41) is 1.23. The molecule has 0 radical (unpaired) electrons. The fourth-order valence-corrected chi connectivity index (χ4v) is 2.75. The molecule has 0 bridgehead atoms. The van der Waals surface area contributed by atoms with Crippen LogP contribution in [0.2, 0.25) is 0 Å². The lowest BCUT2D eigenvalue weighted by Crippen LogP contribution is -2.09. The smallest absolute Gasteiger partial charge is 0.0992 e. The summed E-state index contributed by atoms with van der Waals surface area (Å²) >= 11 is 1.83. The fraction of sp³-hybridized carbons (Fsp3) is 0.462. The predicted molar refractivity (Wildman–Crippen MR) is 67.8 cm³/mol. The maximum absolute atomic E-state index is 4.76. The lowest BCUT2D eigenvalue weighted by atomic mass is 9.98. The number of benzene rings is 1. The standard InChI is InChI=1S/C13H17NS/c1-8-6-7-9(2)11-10(8)14-12(15-11)13(3,4)5/h6-7H,1-5H3. The van der Waals surface area contributed by atoms with Gasteiger partial charge in [-0.15, -0.1) is 11.3 Å². The molecule has 1 nitrogen and oxygen atoms in total. The highest BCUT2D eigenvalue weighted by molar-refractivity contribution is 7.18. The van der Waals surface area contributed by atoms with Crippen LogP contribution in [0.4, 0.5) is 0 Å². The summed E-state index contributed by atoms with van der Waals surface area (Å²) in [6.45, 7) is 10.9. The van der Waals surface area contributed by atoms with Gasteiger partial charge in [-0.05, 0) is 25.0 Å². The fourth-order valence-electron chi connectivity index (χ4n) is 1.58. The first-order valence-corrected chi connectivity index (χ1v) is 6.08. The molecule has 0 N–H and O–H groups in total. The van der Waals surface area contributed by atoms with Crippen LogP contribution in [0.1, 0.15) is 36.9 Å². The summed E-state index contributed by atoms with van der Waals surface area (Å²) in [6, 6.07) is 4.34. The molecule has 0 unspecified atom stereocenters. The van der Waals surface area contributed by atoms with E-state index in [1.54, 1.807) is 0 Å². The topological polar surface area (TPSA) is 12.9 Å².